The molecule has 0 aliphatic carbocycles. The van der Waals surface area contributed by atoms with Crippen LogP contribution < -0.4 is 5.32 Å². The number of likely N-dealkylation sites (tertiary alicyclic amines) is 1. The van der Waals surface area contributed by atoms with Crippen LogP contribution in [0, 0.1) is 5.92 Å². The van der Waals surface area contributed by atoms with Crippen molar-refractivity contribution < 1.29 is 24.3 Å². The number of imide groups is 1. The molecule has 2 aliphatic rings. The molecule has 2 rings (SSSR count). The van der Waals surface area contributed by atoms with Crippen molar-refractivity contribution in [2.45, 2.75) is 32.2 Å². The molecular formula is C13H19N3O5. The van der Waals surface area contributed by atoms with E-state index in [9.17, 15) is 19.2 Å². The Morgan fingerprint density at radius 3 is 2.62 bits per heavy atom. The van der Waals surface area contributed by atoms with Gasteiger partial charge in [-0.25, -0.2) is 4.79 Å². The van der Waals surface area contributed by atoms with E-state index in [0.717, 1.165) is 0 Å². The molecule has 0 saturated carbocycles. The van der Waals surface area contributed by atoms with Gasteiger partial charge in [-0.05, 0) is 26.7 Å². The summed E-state index contributed by atoms with van der Waals surface area (Å²) in [5.41, 5.74) is -1.14. The summed E-state index contributed by atoms with van der Waals surface area (Å²) < 4.78 is 0. The molecule has 2 heterocycles. The summed E-state index contributed by atoms with van der Waals surface area (Å²) in [6.45, 7) is 3.46. The number of nitrogens with zero attached hydrogens (tertiary/aromatic N) is 2. The van der Waals surface area contributed by atoms with Crippen molar-refractivity contribution in [3.05, 3.63) is 0 Å². The summed E-state index contributed by atoms with van der Waals surface area (Å²) in [7, 11) is 0. The molecule has 4 amide bonds. The molecule has 2 N–H and O–H groups in total. The van der Waals surface area contributed by atoms with E-state index in [1.165, 1.54) is 9.80 Å². The van der Waals surface area contributed by atoms with Crippen LogP contribution in [0.1, 0.15) is 26.7 Å². The van der Waals surface area contributed by atoms with Crippen LogP contribution in [-0.4, -0.2) is 63.9 Å². The number of nitrogens with one attached hydrogen (secondary N) is 1. The second-order valence-electron chi connectivity index (χ2n) is 5.93. The number of carboxylic acids is 1. The molecule has 21 heavy (non-hydrogen) atoms. The summed E-state index contributed by atoms with van der Waals surface area (Å²) in [5, 5.41) is 11.3. The molecule has 1 unspecified atom stereocenters. The van der Waals surface area contributed by atoms with Crippen molar-refractivity contribution in [2.24, 2.45) is 5.92 Å². The highest BCUT2D eigenvalue weighted by atomic mass is 16.4. The Hall–Kier alpha value is -2.12. The smallest absolute Gasteiger partial charge is 0.321 e. The molecule has 0 aromatic heterocycles. The third-order valence-electron chi connectivity index (χ3n) is 4.06. The lowest BCUT2D eigenvalue weighted by atomic mass is 9.97. The highest BCUT2D eigenvalue weighted by Gasteiger charge is 2.45. The topological polar surface area (TPSA) is 107 Å². The number of carbonyl (C=O) groups excluding carboxylic acids is 3. The van der Waals surface area contributed by atoms with E-state index in [-0.39, 0.29) is 13.1 Å². The van der Waals surface area contributed by atoms with Crippen molar-refractivity contribution in [1.82, 2.24) is 15.1 Å². The van der Waals surface area contributed by atoms with Crippen LogP contribution >= 0.6 is 0 Å². The molecule has 0 spiro atoms. The maximum atomic E-state index is 12.6. The maximum Gasteiger partial charge on any atom is 0.321 e. The van der Waals surface area contributed by atoms with E-state index >= 15 is 0 Å². The summed E-state index contributed by atoms with van der Waals surface area (Å²) >= 11 is 0. The molecule has 0 bridgehead atoms. The summed E-state index contributed by atoms with van der Waals surface area (Å²) in [5.74, 6) is -2.59. The second-order valence-corrected chi connectivity index (χ2v) is 5.93. The quantitative estimate of drug-likeness (QED) is 0.643. The summed E-state index contributed by atoms with van der Waals surface area (Å²) in [6.07, 6.45) is 1.12. The minimum atomic E-state index is -1.14. The molecule has 0 radical (unpaired) electrons. The van der Waals surface area contributed by atoms with Gasteiger partial charge in [0.15, 0.2) is 0 Å². The predicted octanol–water partition coefficient (Wildman–Crippen LogP) is -0.360. The SMILES string of the molecule is CC1(C)C(=O)NC(=O)CN1C(=O)N1CCCC(C(=O)O)C1. The van der Waals surface area contributed by atoms with Crippen LogP contribution in [-0.2, 0) is 14.4 Å². The van der Waals surface area contributed by atoms with Crippen molar-refractivity contribution in [1.29, 1.82) is 0 Å². The molecule has 116 valence electrons. The van der Waals surface area contributed by atoms with Gasteiger partial charge in [-0.15, -0.1) is 0 Å². The van der Waals surface area contributed by atoms with Gasteiger partial charge in [-0.2, -0.15) is 0 Å². The third-order valence-corrected chi connectivity index (χ3v) is 4.06. The van der Waals surface area contributed by atoms with Crippen LogP contribution in [0.4, 0.5) is 4.79 Å². The van der Waals surface area contributed by atoms with Gasteiger partial charge in [0.05, 0.1) is 5.92 Å². The standard InChI is InChI=1S/C13H19N3O5/c1-13(2)11(20)14-9(17)7-16(13)12(21)15-5-3-4-8(6-15)10(18)19/h8H,3-7H2,1-2H3,(H,18,19)(H,14,17,20). The van der Waals surface area contributed by atoms with E-state index in [1.807, 2.05) is 0 Å². The number of piperazine rings is 1. The maximum absolute atomic E-state index is 12.6. The lowest BCUT2D eigenvalue weighted by molar-refractivity contribution is -0.145. The number of aliphatic carboxylic acids is 1. The molecule has 0 aromatic carbocycles. The van der Waals surface area contributed by atoms with Gasteiger partial charge < -0.3 is 14.9 Å². The zero-order chi connectivity index (χ0) is 15.8. The van der Waals surface area contributed by atoms with E-state index in [0.29, 0.717) is 19.4 Å². The van der Waals surface area contributed by atoms with Crippen molar-refractivity contribution in [2.75, 3.05) is 19.6 Å². The van der Waals surface area contributed by atoms with Gasteiger partial charge in [-0.3, -0.25) is 19.7 Å². The highest BCUT2D eigenvalue weighted by molar-refractivity contribution is 6.06. The number of hydrogen-bond acceptors (Lipinski definition) is 4. The fourth-order valence-corrected chi connectivity index (χ4v) is 2.61. The molecule has 2 fully saturated rings. The number of carboxylic acid groups (broad SMARTS) is 1. The summed E-state index contributed by atoms with van der Waals surface area (Å²) in [6, 6.07) is -0.464. The molecule has 8 heteroatoms. The molecule has 2 saturated heterocycles. The zero-order valence-electron chi connectivity index (χ0n) is 12.1. The first kappa shape index (κ1) is 15.3. The Morgan fingerprint density at radius 2 is 2.00 bits per heavy atom. The first-order chi connectivity index (χ1) is 9.73. The fraction of sp³-hybridized carbons (Fsp3) is 0.692. The Morgan fingerprint density at radius 1 is 1.33 bits per heavy atom. The number of urea groups is 1. The second kappa shape index (κ2) is 5.34. The first-order valence-electron chi connectivity index (χ1n) is 6.87. The van der Waals surface area contributed by atoms with Crippen LogP contribution in [0.5, 0.6) is 0 Å². The van der Waals surface area contributed by atoms with E-state index < -0.39 is 35.3 Å². The van der Waals surface area contributed by atoms with Crippen LogP contribution in [0.15, 0.2) is 0 Å². The van der Waals surface area contributed by atoms with Gasteiger partial charge in [0.2, 0.25) is 5.91 Å². The van der Waals surface area contributed by atoms with Gasteiger partial charge in [-0.1, -0.05) is 0 Å². The first-order valence-corrected chi connectivity index (χ1v) is 6.87. The van der Waals surface area contributed by atoms with Crippen LogP contribution in [0.2, 0.25) is 0 Å². The van der Waals surface area contributed by atoms with Crippen molar-refractivity contribution >= 4 is 23.8 Å². The van der Waals surface area contributed by atoms with Crippen molar-refractivity contribution in [3.8, 4) is 0 Å². The zero-order valence-corrected chi connectivity index (χ0v) is 12.1. The molecule has 2 aliphatic heterocycles. The number of rotatable bonds is 1. The lowest BCUT2D eigenvalue weighted by Gasteiger charge is -2.43. The Balaban J connectivity index is 2.16. The lowest BCUT2D eigenvalue weighted by Crippen LogP contribution is -2.67. The summed E-state index contributed by atoms with van der Waals surface area (Å²) in [4.78, 5) is 49.6. The average Bonchev–Trinajstić information content (AvgIpc) is 2.42. The molecule has 8 nitrogen and oxygen atoms in total. The van der Waals surface area contributed by atoms with E-state index in [1.54, 1.807) is 13.8 Å². The predicted molar refractivity (Wildman–Crippen MR) is 71.3 cm³/mol. The fourth-order valence-electron chi connectivity index (χ4n) is 2.61. The van der Waals surface area contributed by atoms with E-state index in [2.05, 4.69) is 5.32 Å². The van der Waals surface area contributed by atoms with Gasteiger partial charge in [0, 0.05) is 13.1 Å². The number of amides is 4. The minimum Gasteiger partial charge on any atom is -0.481 e. The van der Waals surface area contributed by atoms with Crippen molar-refractivity contribution in [3.63, 3.8) is 0 Å². The molecule has 1 atom stereocenters. The number of piperidine rings is 1. The monoisotopic (exact) mass is 297 g/mol. The number of carbonyl (C=O) groups is 4. The molecular weight excluding hydrogens is 278 g/mol. The minimum absolute atomic E-state index is 0.108. The third kappa shape index (κ3) is 2.84. The normalized spacial score (nSPS) is 25.5. The van der Waals surface area contributed by atoms with E-state index in [4.69, 9.17) is 5.11 Å². The van der Waals surface area contributed by atoms with Gasteiger partial charge >= 0.3 is 12.0 Å². The van der Waals surface area contributed by atoms with Gasteiger partial charge in [0.25, 0.3) is 5.91 Å². The Labute approximate surface area is 122 Å². The molecule has 0 aromatic rings. The largest absolute Gasteiger partial charge is 0.481 e. The van der Waals surface area contributed by atoms with Gasteiger partial charge in [0.1, 0.15) is 12.1 Å². The Kier molecular flexibility index (Phi) is 3.89. The average molecular weight is 297 g/mol. The number of hydrogen-bond donors (Lipinski definition) is 2. The van der Waals surface area contributed by atoms with Crippen LogP contribution in [0.3, 0.4) is 0 Å². The highest BCUT2D eigenvalue weighted by Crippen LogP contribution is 2.23. The Bertz CT molecular complexity index is 502. The van der Waals surface area contributed by atoms with Crippen LogP contribution in [0.25, 0.3) is 0 Å².